The topological polar surface area (TPSA) is 78.1 Å². The summed E-state index contributed by atoms with van der Waals surface area (Å²) in [5.41, 5.74) is 12.3. The molecule has 3 aromatic rings. The second-order valence-electron chi connectivity index (χ2n) is 9.61. The zero-order valence-corrected chi connectivity index (χ0v) is 22.5. The summed E-state index contributed by atoms with van der Waals surface area (Å²) < 4.78 is 0. The molecule has 0 atom stereocenters. The minimum atomic E-state index is 0.205. The van der Waals surface area contributed by atoms with Crippen LogP contribution in [-0.2, 0) is 12.8 Å². The van der Waals surface area contributed by atoms with Gasteiger partial charge in [0.25, 0.3) is 0 Å². The van der Waals surface area contributed by atoms with Crippen molar-refractivity contribution in [2.75, 3.05) is 13.2 Å². The summed E-state index contributed by atoms with van der Waals surface area (Å²) in [7, 11) is 0. The van der Waals surface area contributed by atoms with Gasteiger partial charge in [0.15, 0.2) is 0 Å². The first-order valence-electron chi connectivity index (χ1n) is 12.7. The molecule has 0 aliphatic heterocycles. The van der Waals surface area contributed by atoms with Gasteiger partial charge in [0.2, 0.25) is 0 Å². The summed E-state index contributed by atoms with van der Waals surface area (Å²) >= 11 is 0. The molecule has 0 bridgehead atoms. The third-order valence-electron chi connectivity index (χ3n) is 6.40. The first-order chi connectivity index (χ1) is 17.2. The lowest BCUT2D eigenvalue weighted by molar-refractivity contribution is 0.288. The van der Waals surface area contributed by atoms with Crippen molar-refractivity contribution in [3.05, 3.63) is 87.2 Å². The number of hydrogen-bond acceptors (Lipinski definition) is 5. The summed E-state index contributed by atoms with van der Waals surface area (Å²) in [5.74, 6) is 0. The fraction of sp³-hybridized carbons (Fsp3) is 0.387. The van der Waals surface area contributed by atoms with Crippen molar-refractivity contribution < 1.29 is 10.2 Å². The molecule has 0 saturated carbocycles. The smallest absolute Gasteiger partial charge is 0.0849 e. The molecule has 2 aromatic carbocycles. The molecule has 0 amide bonds. The fourth-order valence-corrected chi connectivity index (χ4v) is 4.59. The molecule has 5 heteroatoms. The Morgan fingerprint density at radius 2 is 1.03 bits per heavy atom. The van der Waals surface area contributed by atoms with Gasteiger partial charge in [-0.15, -0.1) is 0 Å². The van der Waals surface area contributed by atoms with Crippen LogP contribution in [0, 0.1) is 27.7 Å². The zero-order chi connectivity index (χ0) is 26.2. The van der Waals surface area contributed by atoms with E-state index < -0.39 is 0 Å². The molecule has 0 radical (unpaired) electrons. The van der Waals surface area contributed by atoms with Crippen molar-refractivity contribution in [2.45, 2.75) is 67.2 Å². The summed E-state index contributed by atoms with van der Waals surface area (Å²) in [6.45, 7) is 12.7. The molecule has 0 fully saturated rings. The molecular formula is C31H39N3O2. The van der Waals surface area contributed by atoms with Gasteiger partial charge in [-0.05, 0) is 113 Å². The van der Waals surface area contributed by atoms with Crippen LogP contribution in [0.3, 0.4) is 0 Å². The van der Waals surface area contributed by atoms with Crippen LogP contribution in [0.5, 0.6) is 0 Å². The maximum Gasteiger partial charge on any atom is 0.0849 e. The predicted molar refractivity (Wildman–Crippen MR) is 151 cm³/mol. The molecular weight excluding hydrogens is 446 g/mol. The van der Waals surface area contributed by atoms with E-state index >= 15 is 0 Å². The number of aliphatic hydroxyl groups excluding tert-OH is 2. The second-order valence-corrected chi connectivity index (χ2v) is 9.61. The number of nitrogens with zero attached hydrogens (tertiary/aromatic N) is 3. The van der Waals surface area contributed by atoms with E-state index in [1.807, 2.05) is 32.0 Å². The van der Waals surface area contributed by atoms with Gasteiger partial charge in [-0.1, -0.05) is 30.3 Å². The molecule has 0 aliphatic rings. The third kappa shape index (κ3) is 6.96. The van der Waals surface area contributed by atoms with Gasteiger partial charge in [0.05, 0.1) is 34.2 Å². The normalized spacial score (nSPS) is 12.3. The van der Waals surface area contributed by atoms with Crippen LogP contribution in [-0.4, -0.2) is 39.8 Å². The Labute approximate surface area is 215 Å². The minimum absolute atomic E-state index is 0.205. The average Bonchev–Trinajstić information content (AvgIpc) is 2.85. The van der Waals surface area contributed by atoms with Crippen LogP contribution in [0.4, 0.5) is 11.4 Å². The van der Waals surface area contributed by atoms with E-state index in [4.69, 9.17) is 25.2 Å². The van der Waals surface area contributed by atoms with Crippen LogP contribution in [0.2, 0.25) is 0 Å². The van der Waals surface area contributed by atoms with Crippen molar-refractivity contribution in [2.24, 2.45) is 9.98 Å². The molecule has 36 heavy (non-hydrogen) atoms. The standard InChI is InChI=1S/C31H39N3O2/c1-20-16-26(10-8-14-35)17-21(2)30(20)32-24(5)28-12-7-13-29(34-28)25(6)33-31-22(3)18-27(11-9-15-36)19-23(31)4/h7,12-13,16-19,35-36H,8-11,14-15H2,1-6H3/b32-24+,33-25+. The fourth-order valence-electron chi connectivity index (χ4n) is 4.59. The first kappa shape index (κ1) is 27.4. The van der Waals surface area contributed by atoms with Crippen molar-refractivity contribution in [3.8, 4) is 0 Å². The van der Waals surface area contributed by atoms with Gasteiger partial charge < -0.3 is 10.2 Å². The van der Waals surface area contributed by atoms with E-state index in [2.05, 4.69) is 52.0 Å². The van der Waals surface area contributed by atoms with Crippen molar-refractivity contribution in [1.29, 1.82) is 0 Å². The van der Waals surface area contributed by atoms with Crippen LogP contribution in [0.15, 0.2) is 52.4 Å². The lowest BCUT2D eigenvalue weighted by Gasteiger charge is -2.12. The predicted octanol–water partition coefficient (Wildman–Crippen LogP) is 6.45. The second kappa shape index (κ2) is 12.7. The number of aromatic nitrogens is 1. The molecule has 5 nitrogen and oxygen atoms in total. The van der Waals surface area contributed by atoms with E-state index in [1.165, 1.54) is 11.1 Å². The number of benzene rings is 2. The molecule has 0 saturated heterocycles. The quantitative estimate of drug-likeness (QED) is 0.324. The third-order valence-corrected chi connectivity index (χ3v) is 6.40. The maximum absolute atomic E-state index is 9.13. The van der Waals surface area contributed by atoms with Crippen LogP contribution < -0.4 is 0 Å². The van der Waals surface area contributed by atoms with Gasteiger partial charge in [-0.25, -0.2) is 4.98 Å². The SMILES string of the molecule is C/C(=N\c1c(C)cc(CCCO)cc1C)c1cccc(/C(C)=N/c2c(C)cc(CCCO)cc2C)n1. The van der Waals surface area contributed by atoms with Gasteiger partial charge in [-0.3, -0.25) is 9.98 Å². The van der Waals surface area contributed by atoms with Crippen molar-refractivity contribution in [1.82, 2.24) is 4.98 Å². The van der Waals surface area contributed by atoms with Crippen LogP contribution in [0.1, 0.15) is 71.5 Å². The largest absolute Gasteiger partial charge is 0.396 e. The summed E-state index contributed by atoms with van der Waals surface area (Å²) in [6, 6.07) is 14.6. The van der Waals surface area contributed by atoms with E-state index in [-0.39, 0.29) is 13.2 Å². The van der Waals surface area contributed by atoms with Gasteiger partial charge in [0, 0.05) is 13.2 Å². The molecule has 1 heterocycles. The molecule has 3 rings (SSSR count). The highest BCUT2D eigenvalue weighted by Crippen LogP contribution is 2.28. The number of hydrogen-bond donors (Lipinski definition) is 2. The average molecular weight is 486 g/mol. The molecule has 0 aliphatic carbocycles. The number of rotatable bonds is 10. The Hall–Kier alpha value is -3.15. The minimum Gasteiger partial charge on any atom is -0.396 e. The van der Waals surface area contributed by atoms with Crippen molar-refractivity contribution in [3.63, 3.8) is 0 Å². The van der Waals surface area contributed by atoms with E-state index in [1.54, 1.807) is 0 Å². The summed E-state index contributed by atoms with van der Waals surface area (Å²) in [6.07, 6.45) is 3.28. The number of aliphatic imine (C=N–C) groups is 2. The Balaban J connectivity index is 1.89. The highest BCUT2D eigenvalue weighted by atomic mass is 16.3. The van der Waals surface area contributed by atoms with Gasteiger partial charge in [-0.2, -0.15) is 0 Å². The molecule has 190 valence electrons. The number of pyridine rings is 1. The summed E-state index contributed by atoms with van der Waals surface area (Å²) in [5, 5.41) is 18.3. The molecule has 0 unspecified atom stereocenters. The molecule has 2 N–H and O–H groups in total. The van der Waals surface area contributed by atoms with Crippen LogP contribution in [0.25, 0.3) is 0 Å². The summed E-state index contributed by atoms with van der Waals surface area (Å²) in [4.78, 5) is 14.8. The Morgan fingerprint density at radius 1 is 0.667 bits per heavy atom. The van der Waals surface area contributed by atoms with E-state index in [0.29, 0.717) is 0 Å². The van der Waals surface area contributed by atoms with E-state index in [0.717, 1.165) is 82.1 Å². The van der Waals surface area contributed by atoms with Crippen LogP contribution >= 0.6 is 0 Å². The van der Waals surface area contributed by atoms with Gasteiger partial charge >= 0.3 is 0 Å². The number of aryl methyl sites for hydroxylation is 6. The lowest BCUT2D eigenvalue weighted by atomic mass is 10.0. The van der Waals surface area contributed by atoms with Crippen molar-refractivity contribution >= 4 is 22.8 Å². The first-order valence-corrected chi connectivity index (χ1v) is 12.7. The van der Waals surface area contributed by atoms with Gasteiger partial charge in [0.1, 0.15) is 0 Å². The monoisotopic (exact) mass is 485 g/mol. The highest BCUT2D eigenvalue weighted by molar-refractivity contribution is 6.02. The molecule has 0 spiro atoms. The van der Waals surface area contributed by atoms with E-state index in [9.17, 15) is 0 Å². The zero-order valence-electron chi connectivity index (χ0n) is 22.5. The molecule has 1 aromatic heterocycles. The lowest BCUT2D eigenvalue weighted by Crippen LogP contribution is -2.05. The maximum atomic E-state index is 9.13. The number of aliphatic hydroxyl groups is 2. The highest BCUT2D eigenvalue weighted by Gasteiger charge is 2.10. The Morgan fingerprint density at radius 3 is 1.36 bits per heavy atom. The Bertz CT molecular complexity index is 1130. The Kier molecular flexibility index (Phi) is 9.68.